The first-order valence-electron chi connectivity index (χ1n) is 6.74. The Morgan fingerprint density at radius 3 is 2.84 bits per heavy atom. The second-order valence-electron chi connectivity index (χ2n) is 5.33. The van der Waals surface area contributed by atoms with E-state index in [-0.39, 0.29) is 0 Å². The number of hydrogen-bond acceptors (Lipinski definition) is 2. The zero-order valence-corrected chi connectivity index (χ0v) is 12.6. The van der Waals surface area contributed by atoms with Gasteiger partial charge in [-0.15, -0.1) is 11.3 Å². The van der Waals surface area contributed by atoms with E-state index in [1.54, 1.807) is 0 Å². The molecule has 0 amide bonds. The molecule has 100 valence electrons. The zero-order chi connectivity index (χ0) is 13.2. The Labute approximate surface area is 123 Å². The molecule has 0 bridgehead atoms. The van der Waals surface area contributed by atoms with Crippen LogP contribution >= 0.6 is 22.9 Å². The Balaban J connectivity index is 1.49. The van der Waals surface area contributed by atoms with Crippen molar-refractivity contribution >= 4 is 22.9 Å². The van der Waals surface area contributed by atoms with Crippen LogP contribution in [0, 0.1) is 6.92 Å². The van der Waals surface area contributed by atoms with Crippen LogP contribution in [0.25, 0.3) is 0 Å². The monoisotopic (exact) mass is 291 g/mol. The molecule has 1 aliphatic rings. The van der Waals surface area contributed by atoms with Gasteiger partial charge in [-0.25, -0.2) is 0 Å². The van der Waals surface area contributed by atoms with Crippen LogP contribution in [0.4, 0.5) is 0 Å². The second kappa shape index (κ2) is 5.66. The summed E-state index contributed by atoms with van der Waals surface area (Å²) in [7, 11) is 0. The molecule has 1 heterocycles. The van der Waals surface area contributed by atoms with E-state index < -0.39 is 0 Å². The molecule has 1 saturated carbocycles. The SMILES string of the molecule is Cc1ccsc1CNC1CC(c2cccc(Cl)c2)C1. The Hall–Kier alpha value is -0.830. The number of halogens is 1. The molecule has 0 aliphatic heterocycles. The molecule has 1 aromatic heterocycles. The van der Waals surface area contributed by atoms with Crippen LogP contribution < -0.4 is 5.32 Å². The standard InChI is InChI=1S/C16H18ClNS/c1-11-5-6-19-16(11)10-18-15-8-13(9-15)12-3-2-4-14(17)7-12/h2-7,13,15,18H,8-10H2,1H3. The summed E-state index contributed by atoms with van der Waals surface area (Å²) in [6, 6.07) is 11.1. The molecular weight excluding hydrogens is 274 g/mol. The molecule has 0 spiro atoms. The molecular formula is C16H18ClNS. The van der Waals surface area contributed by atoms with Crippen molar-refractivity contribution in [2.75, 3.05) is 0 Å². The summed E-state index contributed by atoms with van der Waals surface area (Å²) in [4.78, 5) is 1.46. The maximum absolute atomic E-state index is 6.04. The van der Waals surface area contributed by atoms with Gasteiger partial charge in [-0.2, -0.15) is 0 Å². The van der Waals surface area contributed by atoms with Crippen LogP contribution in [-0.4, -0.2) is 6.04 Å². The summed E-state index contributed by atoms with van der Waals surface area (Å²) < 4.78 is 0. The molecule has 1 fully saturated rings. The summed E-state index contributed by atoms with van der Waals surface area (Å²) >= 11 is 7.88. The molecule has 1 N–H and O–H groups in total. The fraction of sp³-hybridized carbons (Fsp3) is 0.375. The average Bonchev–Trinajstić information content (AvgIpc) is 2.73. The highest BCUT2D eigenvalue weighted by Crippen LogP contribution is 2.37. The van der Waals surface area contributed by atoms with Gasteiger partial charge in [0.05, 0.1) is 0 Å². The van der Waals surface area contributed by atoms with Gasteiger partial charge in [0.2, 0.25) is 0 Å². The van der Waals surface area contributed by atoms with Gasteiger partial charge in [0.15, 0.2) is 0 Å². The summed E-state index contributed by atoms with van der Waals surface area (Å²) in [6.45, 7) is 3.19. The van der Waals surface area contributed by atoms with E-state index in [2.05, 4.69) is 35.8 Å². The number of rotatable bonds is 4. The van der Waals surface area contributed by atoms with Crippen molar-refractivity contribution in [1.29, 1.82) is 0 Å². The highest BCUT2D eigenvalue weighted by atomic mass is 35.5. The van der Waals surface area contributed by atoms with E-state index >= 15 is 0 Å². The van der Waals surface area contributed by atoms with Crippen LogP contribution in [0.5, 0.6) is 0 Å². The van der Waals surface area contributed by atoms with Gasteiger partial charge in [-0.05, 0) is 60.4 Å². The van der Waals surface area contributed by atoms with Gasteiger partial charge in [0.25, 0.3) is 0 Å². The van der Waals surface area contributed by atoms with Crippen molar-refractivity contribution in [2.45, 2.75) is 38.3 Å². The topological polar surface area (TPSA) is 12.0 Å². The lowest BCUT2D eigenvalue weighted by molar-refractivity contribution is 0.290. The highest BCUT2D eigenvalue weighted by molar-refractivity contribution is 7.10. The molecule has 2 aromatic rings. The fourth-order valence-electron chi connectivity index (χ4n) is 2.64. The van der Waals surface area contributed by atoms with Crippen molar-refractivity contribution < 1.29 is 0 Å². The molecule has 0 radical (unpaired) electrons. The van der Waals surface area contributed by atoms with Crippen molar-refractivity contribution in [2.24, 2.45) is 0 Å². The molecule has 0 unspecified atom stereocenters. The number of aryl methyl sites for hydroxylation is 1. The summed E-state index contributed by atoms with van der Waals surface area (Å²) in [5.41, 5.74) is 2.79. The first-order chi connectivity index (χ1) is 9.22. The maximum Gasteiger partial charge on any atom is 0.0408 e. The number of thiophene rings is 1. The fourth-order valence-corrected chi connectivity index (χ4v) is 3.70. The smallest absolute Gasteiger partial charge is 0.0408 e. The Morgan fingerprint density at radius 1 is 1.32 bits per heavy atom. The van der Waals surface area contributed by atoms with Crippen LogP contribution in [0.1, 0.15) is 34.8 Å². The van der Waals surface area contributed by atoms with Crippen molar-refractivity contribution in [3.63, 3.8) is 0 Å². The Morgan fingerprint density at radius 2 is 2.16 bits per heavy atom. The van der Waals surface area contributed by atoms with Crippen molar-refractivity contribution in [3.8, 4) is 0 Å². The molecule has 1 nitrogen and oxygen atoms in total. The van der Waals surface area contributed by atoms with Gasteiger partial charge in [0, 0.05) is 22.5 Å². The van der Waals surface area contributed by atoms with Gasteiger partial charge in [-0.1, -0.05) is 23.7 Å². The summed E-state index contributed by atoms with van der Waals surface area (Å²) in [5.74, 6) is 0.681. The maximum atomic E-state index is 6.04. The number of hydrogen-bond donors (Lipinski definition) is 1. The first-order valence-corrected chi connectivity index (χ1v) is 8.00. The summed E-state index contributed by atoms with van der Waals surface area (Å²) in [5, 5.41) is 6.67. The van der Waals surface area contributed by atoms with Crippen LogP contribution in [0.2, 0.25) is 5.02 Å². The highest BCUT2D eigenvalue weighted by Gasteiger charge is 2.29. The van der Waals surface area contributed by atoms with Gasteiger partial charge in [0.1, 0.15) is 0 Å². The minimum atomic E-state index is 0.658. The molecule has 3 rings (SSSR count). The van der Waals surface area contributed by atoms with Crippen LogP contribution in [0.3, 0.4) is 0 Å². The molecule has 0 atom stereocenters. The quantitative estimate of drug-likeness (QED) is 0.857. The van der Waals surface area contributed by atoms with E-state index in [0.717, 1.165) is 11.6 Å². The van der Waals surface area contributed by atoms with Crippen LogP contribution in [0.15, 0.2) is 35.7 Å². The Bertz CT molecular complexity index is 557. The van der Waals surface area contributed by atoms with Crippen molar-refractivity contribution in [3.05, 3.63) is 56.7 Å². The van der Waals surface area contributed by atoms with Crippen LogP contribution in [-0.2, 0) is 6.54 Å². The third-order valence-electron chi connectivity index (χ3n) is 3.98. The van der Waals surface area contributed by atoms with E-state index in [4.69, 9.17) is 11.6 Å². The lowest BCUT2D eigenvalue weighted by Gasteiger charge is -2.36. The lowest BCUT2D eigenvalue weighted by Crippen LogP contribution is -2.39. The van der Waals surface area contributed by atoms with E-state index in [0.29, 0.717) is 12.0 Å². The third-order valence-corrected chi connectivity index (χ3v) is 5.24. The Kier molecular flexibility index (Phi) is 3.92. The van der Waals surface area contributed by atoms with E-state index in [9.17, 15) is 0 Å². The normalized spacial score (nSPS) is 22.2. The van der Waals surface area contributed by atoms with E-state index in [1.807, 2.05) is 23.5 Å². The predicted octanol–water partition coefficient (Wildman–Crippen LogP) is 4.75. The summed E-state index contributed by atoms with van der Waals surface area (Å²) in [6.07, 6.45) is 2.45. The molecule has 1 aromatic carbocycles. The van der Waals surface area contributed by atoms with Gasteiger partial charge >= 0.3 is 0 Å². The lowest BCUT2D eigenvalue weighted by atomic mass is 9.76. The zero-order valence-electron chi connectivity index (χ0n) is 11.0. The first kappa shape index (κ1) is 13.2. The molecule has 3 heteroatoms. The minimum absolute atomic E-state index is 0.658. The number of nitrogens with one attached hydrogen (secondary N) is 1. The number of benzene rings is 1. The predicted molar refractivity (Wildman–Crippen MR) is 83.1 cm³/mol. The average molecular weight is 292 g/mol. The largest absolute Gasteiger partial charge is 0.309 e. The molecule has 19 heavy (non-hydrogen) atoms. The molecule has 0 saturated heterocycles. The second-order valence-corrected chi connectivity index (χ2v) is 6.77. The van der Waals surface area contributed by atoms with Gasteiger partial charge < -0.3 is 5.32 Å². The molecule has 1 aliphatic carbocycles. The van der Waals surface area contributed by atoms with Gasteiger partial charge in [-0.3, -0.25) is 0 Å². The third kappa shape index (κ3) is 3.02. The minimum Gasteiger partial charge on any atom is -0.309 e. The van der Waals surface area contributed by atoms with Crippen molar-refractivity contribution in [1.82, 2.24) is 5.32 Å². The van der Waals surface area contributed by atoms with E-state index in [1.165, 1.54) is 28.8 Å².